The molecular formula is C20H32N2O3. The fraction of sp³-hybridized carbons (Fsp3) is 0.650. The molecule has 0 aromatic heterocycles. The quantitative estimate of drug-likeness (QED) is 0.823. The summed E-state index contributed by atoms with van der Waals surface area (Å²) in [5.74, 6) is 2.66. The van der Waals surface area contributed by atoms with Crippen molar-refractivity contribution < 1.29 is 14.3 Å². The van der Waals surface area contributed by atoms with Crippen LogP contribution in [0.3, 0.4) is 0 Å². The zero-order valence-electron chi connectivity index (χ0n) is 16.0. The van der Waals surface area contributed by atoms with Gasteiger partial charge < -0.3 is 20.1 Å². The molecule has 5 nitrogen and oxygen atoms in total. The molecule has 0 aliphatic carbocycles. The van der Waals surface area contributed by atoms with Gasteiger partial charge in [0.25, 0.3) is 0 Å². The minimum absolute atomic E-state index is 0.0940. The summed E-state index contributed by atoms with van der Waals surface area (Å²) in [6.45, 7) is 8.44. The predicted octanol–water partition coefficient (Wildman–Crippen LogP) is 2.99. The van der Waals surface area contributed by atoms with Crippen molar-refractivity contribution in [1.82, 2.24) is 4.90 Å². The van der Waals surface area contributed by atoms with E-state index in [1.54, 1.807) is 7.11 Å². The third-order valence-electron chi connectivity index (χ3n) is 4.71. The number of nitrogens with two attached hydrogens (primary N) is 1. The van der Waals surface area contributed by atoms with Crippen LogP contribution >= 0.6 is 0 Å². The summed E-state index contributed by atoms with van der Waals surface area (Å²) in [7, 11) is 1.66. The number of hydrogen-bond donors (Lipinski definition) is 1. The molecule has 2 N–H and O–H groups in total. The topological polar surface area (TPSA) is 64.8 Å². The first-order valence-corrected chi connectivity index (χ1v) is 9.22. The number of methoxy groups -OCH3 is 1. The van der Waals surface area contributed by atoms with E-state index in [1.165, 1.54) is 0 Å². The fourth-order valence-corrected chi connectivity index (χ4v) is 3.29. The van der Waals surface area contributed by atoms with Crippen LogP contribution in [0.2, 0.25) is 0 Å². The van der Waals surface area contributed by atoms with Gasteiger partial charge in [-0.3, -0.25) is 4.79 Å². The number of nitrogens with zero attached hydrogens (tertiary/aromatic N) is 1. The average Bonchev–Trinajstić information content (AvgIpc) is 2.58. The number of hydrogen-bond acceptors (Lipinski definition) is 4. The number of likely N-dealkylation sites (tertiary alicyclic amines) is 1. The van der Waals surface area contributed by atoms with Crippen molar-refractivity contribution in [3.63, 3.8) is 0 Å². The van der Waals surface area contributed by atoms with Gasteiger partial charge in [-0.15, -0.1) is 0 Å². The molecule has 1 aromatic carbocycles. The minimum atomic E-state index is -0.368. The molecule has 0 radical (unpaired) electrons. The number of benzene rings is 1. The molecule has 0 saturated carbocycles. The summed E-state index contributed by atoms with van der Waals surface area (Å²) in [6.07, 6.45) is 2.67. The van der Waals surface area contributed by atoms with E-state index in [9.17, 15) is 4.79 Å². The Labute approximate surface area is 151 Å². The largest absolute Gasteiger partial charge is 0.497 e. The molecule has 1 aliphatic heterocycles. The van der Waals surface area contributed by atoms with Crippen molar-refractivity contribution >= 4 is 5.91 Å². The Kier molecular flexibility index (Phi) is 7.12. The Morgan fingerprint density at radius 2 is 1.88 bits per heavy atom. The fourth-order valence-electron chi connectivity index (χ4n) is 3.29. The van der Waals surface area contributed by atoms with Crippen LogP contribution in [0.5, 0.6) is 11.5 Å². The van der Waals surface area contributed by atoms with Gasteiger partial charge in [0.05, 0.1) is 19.8 Å². The van der Waals surface area contributed by atoms with Gasteiger partial charge in [-0.2, -0.15) is 0 Å². The van der Waals surface area contributed by atoms with Gasteiger partial charge in [-0.1, -0.05) is 13.8 Å². The van der Waals surface area contributed by atoms with Crippen LogP contribution in [0, 0.1) is 18.8 Å². The Morgan fingerprint density at radius 3 is 2.48 bits per heavy atom. The lowest BCUT2D eigenvalue weighted by Gasteiger charge is -2.33. The number of rotatable bonds is 7. The highest BCUT2D eigenvalue weighted by molar-refractivity contribution is 5.81. The summed E-state index contributed by atoms with van der Waals surface area (Å²) in [6, 6.07) is 5.55. The normalized spacial score (nSPS) is 16.8. The molecule has 1 unspecified atom stereocenters. The molecule has 1 aliphatic rings. The SMILES string of the molecule is COc1cc(C)cc(OCC2CCN(C(=O)C(N)CC(C)C)CC2)c1. The Hall–Kier alpha value is -1.75. The first kappa shape index (κ1) is 19.6. The number of aryl methyl sites for hydroxylation is 1. The van der Waals surface area contributed by atoms with Crippen LogP contribution < -0.4 is 15.2 Å². The van der Waals surface area contributed by atoms with Crippen molar-refractivity contribution in [3.8, 4) is 11.5 Å². The first-order valence-electron chi connectivity index (χ1n) is 9.22. The van der Waals surface area contributed by atoms with Crippen LogP contribution in [0.15, 0.2) is 18.2 Å². The van der Waals surface area contributed by atoms with Crippen molar-refractivity contribution in [1.29, 1.82) is 0 Å². The van der Waals surface area contributed by atoms with Crippen LogP contribution in [-0.2, 0) is 4.79 Å². The van der Waals surface area contributed by atoms with E-state index in [1.807, 2.05) is 30.0 Å². The standard InChI is InChI=1S/C20H32N2O3/c1-14(2)9-19(21)20(23)22-7-5-16(6-8-22)13-25-18-11-15(3)10-17(12-18)24-4/h10-12,14,16,19H,5-9,13,21H2,1-4H3. The number of carbonyl (C=O) groups is 1. The van der Waals surface area contributed by atoms with E-state index in [2.05, 4.69) is 13.8 Å². The molecule has 1 atom stereocenters. The molecule has 5 heteroatoms. The van der Waals surface area contributed by atoms with Crippen molar-refractivity contribution in [2.75, 3.05) is 26.8 Å². The predicted molar refractivity (Wildman–Crippen MR) is 100.0 cm³/mol. The Morgan fingerprint density at radius 1 is 1.24 bits per heavy atom. The highest BCUT2D eigenvalue weighted by atomic mass is 16.5. The van der Waals surface area contributed by atoms with E-state index in [0.717, 1.165) is 49.4 Å². The van der Waals surface area contributed by atoms with Crippen molar-refractivity contribution in [2.45, 2.75) is 46.1 Å². The van der Waals surface area contributed by atoms with Gasteiger partial charge in [-0.05, 0) is 55.7 Å². The summed E-state index contributed by atoms with van der Waals surface area (Å²) >= 11 is 0. The van der Waals surface area contributed by atoms with Gasteiger partial charge in [0, 0.05) is 19.2 Å². The van der Waals surface area contributed by atoms with Crippen LogP contribution in [-0.4, -0.2) is 43.7 Å². The molecule has 25 heavy (non-hydrogen) atoms. The van der Waals surface area contributed by atoms with E-state index in [-0.39, 0.29) is 11.9 Å². The molecule has 1 heterocycles. The summed E-state index contributed by atoms with van der Waals surface area (Å²) in [5, 5.41) is 0. The van der Waals surface area contributed by atoms with Crippen LogP contribution in [0.4, 0.5) is 0 Å². The second kappa shape index (κ2) is 9.09. The van der Waals surface area contributed by atoms with Gasteiger partial charge in [-0.25, -0.2) is 0 Å². The maximum Gasteiger partial charge on any atom is 0.239 e. The lowest BCUT2D eigenvalue weighted by Crippen LogP contribution is -2.48. The lowest BCUT2D eigenvalue weighted by molar-refractivity contribution is -0.134. The second-order valence-corrected chi connectivity index (χ2v) is 7.50. The molecule has 1 saturated heterocycles. The third-order valence-corrected chi connectivity index (χ3v) is 4.71. The number of piperidine rings is 1. The third kappa shape index (κ3) is 5.92. The van der Waals surface area contributed by atoms with Crippen LogP contribution in [0.25, 0.3) is 0 Å². The molecule has 0 spiro atoms. The summed E-state index contributed by atoms with van der Waals surface area (Å²) < 4.78 is 11.2. The van der Waals surface area contributed by atoms with Gasteiger partial charge in [0.1, 0.15) is 11.5 Å². The van der Waals surface area contributed by atoms with E-state index < -0.39 is 0 Å². The van der Waals surface area contributed by atoms with E-state index >= 15 is 0 Å². The maximum atomic E-state index is 12.4. The maximum absolute atomic E-state index is 12.4. The zero-order valence-corrected chi connectivity index (χ0v) is 16.0. The molecule has 1 aromatic rings. The van der Waals surface area contributed by atoms with Crippen LogP contribution in [0.1, 0.15) is 38.7 Å². The van der Waals surface area contributed by atoms with E-state index in [4.69, 9.17) is 15.2 Å². The molecule has 1 amide bonds. The van der Waals surface area contributed by atoms with Gasteiger partial charge in [0.15, 0.2) is 0 Å². The zero-order chi connectivity index (χ0) is 18.4. The Bertz CT molecular complexity index is 566. The molecule has 1 fully saturated rings. The van der Waals surface area contributed by atoms with Crippen molar-refractivity contribution in [2.24, 2.45) is 17.6 Å². The molecule has 0 bridgehead atoms. The van der Waals surface area contributed by atoms with E-state index in [0.29, 0.717) is 18.4 Å². The summed E-state index contributed by atoms with van der Waals surface area (Å²) in [5.41, 5.74) is 7.15. The molecule has 140 valence electrons. The highest BCUT2D eigenvalue weighted by Gasteiger charge is 2.26. The lowest BCUT2D eigenvalue weighted by atomic mass is 9.96. The smallest absolute Gasteiger partial charge is 0.239 e. The van der Waals surface area contributed by atoms with Gasteiger partial charge in [0.2, 0.25) is 5.91 Å². The monoisotopic (exact) mass is 348 g/mol. The number of carbonyl (C=O) groups excluding carboxylic acids is 1. The second-order valence-electron chi connectivity index (χ2n) is 7.50. The molecular weight excluding hydrogens is 316 g/mol. The van der Waals surface area contributed by atoms with Crippen molar-refractivity contribution in [3.05, 3.63) is 23.8 Å². The highest BCUT2D eigenvalue weighted by Crippen LogP contribution is 2.24. The average molecular weight is 348 g/mol. The Balaban J connectivity index is 1.79. The van der Waals surface area contributed by atoms with Gasteiger partial charge >= 0.3 is 0 Å². The number of ether oxygens (including phenoxy) is 2. The number of amides is 1. The minimum Gasteiger partial charge on any atom is -0.497 e. The first-order chi connectivity index (χ1) is 11.9. The summed E-state index contributed by atoms with van der Waals surface area (Å²) in [4.78, 5) is 14.3. The molecule has 2 rings (SSSR count).